The molecule has 6 aromatic carbocycles. The van der Waals surface area contributed by atoms with Crippen LogP contribution in [0.2, 0.25) is 0 Å². The highest BCUT2D eigenvalue weighted by Gasteiger charge is 2.23. The molecule has 0 unspecified atom stereocenters. The summed E-state index contributed by atoms with van der Waals surface area (Å²) < 4.78 is 0. The molecule has 0 saturated heterocycles. The van der Waals surface area contributed by atoms with Gasteiger partial charge in [-0.3, -0.25) is 0 Å². The van der Waals surface area contributed by atoms with Crippen LogP contribution in [0.3, 0.4) is 0 Å². The Bertz CT molecular complexity index is 1590. The topological polar surface area (TPSA) is 40.5 Å². The molecule has 2 nitrogen and oxygen atoms in total. The van der Waals surface area contributed by atoms with Crippen molar-refractivity contribution in [2.24, 2.45) is 0 Å². The second-order valence-electron chi connectivity index (χ2n) is 12.1. The summed E-state index contributed by atoms with van der Waals surface area (Å²) in [4.78, 5) is 0. The molecule has 0 radical (unpaired) electrons. The molecule has 0 aliphatic heterocycles. The zero-order valence-electron chi connectivity index (χ0n) is 26.6. The smallest absolute Gasteiger partial charge is 0.131 e. The molecule has 230 valence electrons. The third-order valence-corrected chi connectivity index (χ3v) is 9.00. The van der Waals surface area contributed by atoms with Crippen LogP contribution < -0.4 is 0 Å². The summed E-state index contributed by atoms with van der Waals surface area (Å²) in [6.07, 6.45) is 6.91. The van der Waals surface area contributed by atoms with Gasteiger partial charge in [-0.1, -0.05) is 160 Å². The lowest BCUT2D eigenvalue weighted by atomic mass is 9.81. The van der Waals surface area contributed by atoms with Gasteiger partial charge in [0.25, 0.3) is 0 Å². The predicted molar refractivity (Wildman–Crippen MR) is 193 cm³/mol. The fraction of sp³-hybridized carbons (Fsp3) is 0.182. The molecule has 6 aromatic rings. The molecule has 6 rings (SSSR count). The average Bonchev–Trinajstić information content (AvgIpc) is 3.12. The van der Waals surface area contributed by atoms with Crippen molar-refractivity contribution in [1.82, 2.24) is 0 Å². The van der Waals surface area contributed by atoms with Gasteiger partial charge in [0.15, 0.2) is 0 Å². The summed E-state index contributed by atoms with van der Waals surface area (Å²) in [7, 11) is 0. The van der Waals surface area contributed by atoms with Crippen molar-refractivity contribution < 1.29 is 10.2 Å². The van der Waals surface area contributed by atoms with Crippen LogP contribution in [0.25, 0.3) is 44.5 Å². The Labute approximate surface area is 273 Å². The van der Waals surface area contributed by atoms with Crippen LogP contribution >= 0.6 is 0 Å². The van der Waals surface area contributed by atoms with E-state index >= 15 is 0 Å². The second-order valence-corrected chi connectivity index (χ2v) is 12.1. The van der Waals surface area contributed by atoms with Crippen LogP contribution in [0.4, 0.5) is 0 Å². The van der Waals surface area contributed by atoms with Crippen LogP contribution in [0.5, 0.6) is 11.5 Å². The zero-order valence-corrected chi connectivity index (χ0v) is 26.6. The molecule has 0 heterocycles. The van der Waals surface area contributed by atoms with E-state index in [-0.39, 0.29) is 5.92 Å². The van der Waals surface area contributed by atoms with E-state index in [9.17, 15) is 10.2 Å². The van der Waals surface area contributed by atoms with Gasteiger partial charge in [-0.2, -0.15) is 0 Å². The van der Waals surface area contributed by atoms with E-state index in [1.165, 1.54) is 25.7 Å². The summed E-state index contributed by atoms with van der Waals surface area (Å²) in [5, 5.41) is 23.5. The highest BCUT2D eigenvalue weighted by Crippen LogP contribution is 2.46. The van der Waals surface area contributed by atoms with Gasteiger partial charge >= 0.3 is 0 Å². The van der Waals surface area contributed by atoms with Crippen molar-refractivity contribution in [3.05, 3.63) is 157 Å². The second kappa shape index (κ2) is 14.8. The molecule has 0 aliphatic rings. The highest BCUT2D eigenvalue weighted by atomic mass is 16.3. The zero-order chi connectivity index (χ0) is 31.7. The first kappa shape index (κ1) is 30.9. The molecule has 0 fully saturated rings. The van der Waals surface area contributed by atoms with Crippen molar-refractivity contribution in [1.29, 1.82) is 0 Å². The molecule has 0 aliphatic carbocycles. The normalized spacial score (nSPS) is 11.2. The standard InChI is InChI=1S/C44H42O2/c1-2-3-4-5-18-27-38(36-28-39(32-19-10-6-11-20-32)43(45)40(29-36)33-21-12-7-13-22-33)37-30-41(34-23-14-8-15-24-34)44(46)42(31-37)35-25-16-9-17-26-35/h6-17,19-26,28-31,38,45-46H,2-5,18,27H2,1H3. The third-order valence-electron chi connectivity index (χ3n) is 9.00. The van der Waals surface area contributed by atoms with Crippen LogP contribution in [0.1, 0.15) is 62.5 Å². The Morgan fingerprint density at radius 1 is 0.413 bits per heavy atom. The van der Waals surface area contributed by atoms with Gasteiger partial charge in [-0.05, 0) is 64.1 Å². The lowest BCUT2D eigenvalue weighted by Gasteiger charge is -2.24. The fourth-order valence-corrected chi connectivity index (χ4v) is 6.54. The summed E-state index contributed by atoms with van der Waals surface area (Å²) in [5.41, 5.74) is 9.60. The minimum absolute atomic E-state index is 0.0534. The Balaban J connectivity index is 1.57. The first-order valence-corrected chi connectivity index (χ1v) is 16.6. The Hall–Kier alpha value is -5.08. The molecule has 0 saturated carbocycles. The van der Waals surface area contributed by atoms with Crippen LogP contribution in [0.15, 0.2) is 146 Å². The Morgan fingerprint density at radius 3 is 1.02 bits per heavy atom. The first-order chi connectivity index (χ1) is 22.6. The van der Waals surface area contributed by atoms with Crippen molar-refractivity contribution in [2.45, 2.75) is 51.4 Å². The van der Waals surface area contributed by atoms with Crippen LogP contribution in [0, 0.1) is 0 Å². The van der Waals surface area contributed by atoms with E-state index in [1.54, 1.807) is 0 Å². The lowest BCUT2D eigenvalue weighted by molar-refractivity contribution is 0.478. The fourth-order valence-electron chi connectivity index (χ4n) is 6.54. The summed E-state index contributed by atoms with van der Waals surface area (Å²) in [6.45, 7) is 2.25. The van der Waals surface area contributed by atoms with Crippen LogP contribution in [-0.4, -0.2) is 10.2 Å². The minimum Gasteiger partial charge on any atom is -0.507 e. The molecule has 2 N–H and O–H groups in total. The molecular weight excluding hydrogens is 560 g/mol. The molecule has 0 bridgehead atoms. The molecule has 0 amide bonds. The Morgan fingerprint density at radius 2 is 0.717 bits per heavy atom. The van der Waals surface area contributed by atoms with Crippen molar-refractivity contribution >= 4 is 0 Å². The Kier molecular flexibility index (Phi) is 9.95. The quantitative estimate of drug-likeness (QED) is 0.137. The number of phenols is 2. The molecule has 0 atom stereocenters. The number of phenolic OH excluding ortho intramolecular Hbond substituents is 2. The van der Waals surface area contributed by atoms with Gasteiger partial charge in [-0.15, -0.1) is 0 Å². The highest BCUT2D eigenvalue weighted by molar-refractivity contribution is 5.85. The number of unbranched alkanes of at least 4 members (excludes halogenated alkanes) is 4. The van der Waals surface area contributed by atoms with E-state index in [0.717, 1.165) is 68.5 Å². The number of hydrogen-bond acceptors (Lipinski definition) is 2. The van der Waals surface area contributed by atoms with Crippen molar-refractivity contribution in [3.8, 4) is 56.0 Å². The average molecular weight is 603 g/mol. The van der Waals surface area contributed by atoms with E-state index in [0.29, 0.717) is 11.5 Å². The number of hydrogen-bond donors (Lipinski definition) is 2. The van der Waals surface area contributed by atoms with Gasteiger partial charge < -0.3 is 10.2 Å². The van der Waals surface area contributed by atoms with Crippen molar-refractivity contribution in [3.63, 3.8) is 0 Å². The van der Waals surface area contributed by atoms with Crippen LogP contribution in [-0.2, 0) is 0 Å². The van der Waals surface area contributed by atoms with Gasteiger partial charge in [0.1, 0.15) is 11.5 Å². The molecule has 0 spiro atoms. The maximum absolute atomic E-state index is 11.7. The molecule has 2 heteroatoms. The van der Waals surface area contributed by atoms with Gasteiger partial charge in [-0.25, -0.2) is 0 Å². The summed E-state index contributed by atoms with van der Waals surface area (Å²) >= 11 is 0. The predicted octanol–water partition coefficient (Wildman–Crippen LogP) is 12.3. The summed E-state index contributed by atoms with van der Waals surface area (Å²) in [6, 6.07) is 49.5. The largest absolute Gasteiger partial charge is 0.507 e. The van der Waals surface area contributed by atoms with Gasteiger partial charge in [0.2, 0.25) is 0 Å². The van der Waals surface area contributed by atoms with E-state index in [2.05, 4.69) is 79.7 Å². The number of rotatable bonds is 12. The molecule has 46 heavy (non-hydrogen) atoms. The maximum atomic E-state index is 11.7. The maximum Gasteiger partial charge on any atom is 0.131 e. The SMILES string of the molecule is CCCCCCCC(c1cc(-c2ccccc2)c(O)c(-c2ccccc2)c1)c1cc(-c2ccccc2)c(O)c(-c2ccccc2)c1. The summed E-state index contributed by atoms with van der Waals surface area (Å²) in [5.74, 6) is 0.643. The van der Waals surface area contributed by atoms with Gasteiger partial charge in [0, 0.05) is 28.2 Å². The number of benzene rings is 6. The monoisotopic (exact) mass is 602 g/mol. The van der Waals surface area contributed by atoms with E-state index in [1.807, 2.05) is 72.8 Å². The molecular formula is C44H42O2. The first-order valence-electron chi connectivity index (χ1n) is 16.6. The number of aromatic hydroxyl groups is 2. The third kappa shape index (κ3) is 6.92. The van der Waals surface area contributed by atoms with Crippen molar-refractivity contribution in [2.75, 3.05) is 0 Å². The van der Waals surface area contributed by atoms with E-state index < -0.39 is 0 Å². The lowest BCUT2D eigenvalue weighted by Crippen LogP contribution is -2.04. The van der Waals surface area contributed by atoms with Gasteiger partial charge in [0.05, 0.1) is 0 Å². The van der Waals surface area contributed by atoms with E-state index in [4.69, 9.17) is 0 Å². The molecule has 0 aromatic heterocycles. The minimum atomic E-state index is 0.0534.